The van der Waals surface area contributed by atoms with Gasteiger partial charge in [0, 0.05) is 0 Å². The van der Waals surface area contributed by atoms with Crippen LogP contribution >= 0.6 is 0 Å². The minimum absolute atomic E-state index is 0.00327. The highest BCUT2D eigenvalue weighted by molar-refractivity contribution is 6.08. The van der Waals surface area contributed by atoms with Gasteiger partial charge in [-0.05, 0) is 33.3 Å². The van der Waals surface area contributed by atoms with Crippen molar-refractivity contribution in [2.75, 3.05) is 19.8 Å². The molecular formula is C15H24N2O7. The molecule has 0 aromatic rings. The smallest absolute Gasteiger partial charge is 0.347 e. The summed E-state index contributed by atoms with van der Waals surface area (Å²) in [5.74, 6) is -2.63. The van der Waals surface area contributed by atoms with Crippen molar-refractivity contribution < 1.29 is 33.4 Å². The monoisotopic (exact) mass is 344 g/mol. The minimum atomic E-state index is -2.14. The van der Waals surface area contributed by atoms with Crippen LogP contribution in [0.3, 0.4) is 0 Å². The van der Waals surface area contributed by atoms with E-state index < -0.39 is 29.5 Å². The van der Waals surface area contributed by atoms with Gasteiger partial charge in [-0.2, -0.15) is 0 Å². The number of ether oxygens (including phenoxy) is 3. The summed E-state index contributed by atoms with van der Waals surface area (Å²) < 4.78 is 14.4. The normalized spacial score (nSPS) is 12.3. The van der Waals surface area contributed by atoms with Gasteiger partial charge in [-0.1, -0.05) is 6.08 Å². The molecule has 0 saturated carbocycles. The van der Waals surface area contributed by atoms with Crippen molar-refractivity contribution in [1.82, 2.24) is 5.32 Å². The van der Waals surface area contributed by atoms with Crippen molar-refractivity contribution in [3.63, 3.8) is 0 Å². The first-order chi connectivity index (χ1) is 11.4. The third-order valence-corrected chi connectivity index (χ3v) is 2.83. The first-order valence-electron chi connectivity index (χ1n) is 7.55. The molecule has 0 aliphatic carbocycles. The molecule has 0 aliphatic heterocycles. The zero-order valence-electron chi connectivity index (χ0n) is 14.1. The molecule has 0 fully saturated rings. The van der Waals surface area contributed by atoms with E-state index in [4.69, 9.17) is 19.9 Å². The molecule has 3 N–H and O–H groups in total. The zero-order valence-corrected chi connectivity index (χ0v) is 14.1. The highest BCUT2D eigenvalue weighted by Crippen LogP contribution is 2.14. The number of carbonyl (C=O) groups is 4. The average molecular weight is 344 g/mol. The summed E-state index contributed by atoms with van der Waals surface area (Å²) in [6, 6.07) is -0.973. The molecule has 0 rings (SSSR count). The van der Waals surface area contributed by atoms with Crippen LogP contribution in [0.15, 0.2) is 12.2 Å². The molecule has 136 valence electrons. The number of hydrogen-bond acceptors (Lipinski definition) is 8. The zero-order chi connectivity index (χ0) is 18.6. The lowest BCUT2D eigenvalue weighted by molar-refractivity contribution is -0.163. The van der Waals surface area contributed by atoms with Crippen LogP contribution in [0, 0.1) is 0 Å². The number of carbonyl (C=O) groups excluding carboxylic acids is 4. The molecule has 0 aromatic heterocycles. The van der Waals surface area contributed by atoms with Gasteiger partial charge in [-0.15, -0.1) is 0 Å². The number of amides is 1. The maximum Gasteiger partial charge on any atom is 0.347 e. The molecule has 0 aliphatic rings. The molecule has 1 atom stereocenters. The summed E-state index contributed by atoms with van der Waals surface area (Å²) >= 11 is 0. The molecule has 24 heavy (non-hydrogen) atoms. The van der Waals surface area contributed by atoms with Crippen molar-refractivity contribution in [2.24, 2.45) is 5.73 Å². The second kappa shape index (κ2) is 11.2. The Morgan fingerprint density at radius 2 is 1.54 bits per heavy atom. The number of nitrogens with two attached hydrogens (primary N) is 1. The lowest BCUT2D eigenvalue weighted by Gasteiger charge is -2.25. The molecule has 0 bridgehead atoms. The molecule has 0 aromatic carbocycles. The van der Waals surface area contributed by atoms with Gasteiger partial charge < -0.3 is 25.3 Å². The van der Waals surface area contributed by atoms with E-state index in [0.29, 0.717) is 0 Å². The summed E-state index contributed by atoms with van der Waals surface area (Å²) in [4.78, 5) is 46.7. The van der Waals surface area contributed by atoms with Gasteiger partial charge in [-0.25, -0.2) is 9.59 Å². The predicted octanol–water partition coefficient (Wildman–Crippen LogP) is -0.566. The summed E-state index contributed by atoms with van der Waals surface area (Å²) in [5.41, 5.74) is 3.49. The fourth-order valence-corrected chi connectivity index (χ4v) is 1.71. The summed E-state index contributed by atoms with van der Waals surface area (Å²) in [7, 11) is 0. The third-order valence-electron chi connectivity index (χ3n) is 2.83. The van der Waals surface area contributed by atoms with Crippen LogP contribution in [0.25, 0.3) is 0 Å². The Hall–Kier alpha value is -2.42. The van der Waals surface area contributed by atoms with E-state index in [9.17, 15) is 19.2 Å². The summed E-state index contributed by atoms with van der Waals surface area (Å²) in [5, 5.41) is 2.12. The van der Waals surface area contributed by atoms with Crippen LogP contribution in [0.1, 0.15) is 27.2 Å². The molecular weight excluding hydrogens is 320 g/mol. The molecule has 1 unspecified atom stereocenters. The molecule has 9 nitrogen and oxygen atoms in total. The maximum atomic E-state index is 12.2. The second-order valence-corrected chi connectivity index (χ2v) is 4.51. The van der Waals surface area contributed by atoms with Crippen LogP contribution in [0.5, 0.6) is 0 Å². The Morgan fingerprint density at radius 1 is 1.04 bits per heavy atom. The van der Waals surface area contributed by atoms with Crippen LogP contribution in [-0.4, -0.2) is 55.7 Å². The predicted molar refractivity (Wildman–Crippen MR) is 83.6 cm³/mol. The topological polar surface area (TPSA) is 134 Å². The Morgan fingerprint density at radius 3 is 1.96 bits per heavy atom. The van der Waals surface area contributed by atoms with Gasteiger partial charge in [0.05, 0.1) is 19.8 Å². The van der Waals surface area contributed by atoms with E-state index >= 15 is 0 Å². The van der Waals surface area contributed by atoms with Crippen molar-refractivity contribution in [3.8, 4) is 0 Å². The van der Waals surface area contributed by atoms with Gasteiger partial charge in [0.2, 0.25) is 6.41 Å². The van der Waals surface area contributed by atoms with Crippen LogP contribution in [0.2, 0.25) is 0 Å². The van der Waals surface area contributed by atoms with Gasteiger partial charge in [0.1, 0.15) is 6.04 Å². The van der Waals surface area contributed by atoms with Crippen LogP contribution < -0.4 is 11.1 Å². The quantitative estimate of drug-likeness (QED) is 0.167. The number of rotatable bonds is 11. The van der Waals surface area contributed by atoms with Crippen molar-refractivity contribution in [2.45, 2.75) is 38.8 Å². The second-order valence-electron chi connectivity index (χ2n) is 4.51. The first-order valence-corrected chi connectivity index (χ1v) is 7.55. The van der Waals surface area contributed by atoms with Gasteiger partial charge >= 0.3 is 17.9 Å². The van der Waals surface area contributed by atoms with Gasteiger partial charge in [0.15, 0.2) is 0 Å². The SMILES string of the molecule is CCOC(=O)C(N)CC=CC(NC=O)(C(=O)OCC)C(=O)OCC. The van der Waals surface area contributed by atoms with E-state index in [1.54, 1.807) is 20.8 Å². The Kier molecular flexibility index (Phi) is 10.0. The molecule has 0 radical (unpaired) electrons. The van der Waals surface area contributed by atoms with Crippen LogP contribution in [0.4, 0.5) is 0 Å². The van der Waals surface area contributed by atoms with E-state index in [1.807, 2.05) is 0 Å². The molecule has 0 heterocycles. The standard InChI is InChI=1S/C15H24N2O7/c1-4-22-12(19)11(16)8-7-9-15(17-10-18,13(20)23-5-2)14(21)24-6-3/h7,9-11H,4-6,8,16H2,1-3H3,(H,17,18). The summed E-state index contributed by atoms with van der Waals surface area (Å²) in [6.07, 6.45) is 2.58. The average Bonchev–Trinajstić information content (AvgIpc) is 2.54. The lowest BCUT2D eigenvalue weighted by Crippen LogP contribution is -2.58. The van der Waals surface area contributed by atoms with Crippen LogP contribution in [-0.2, 0) is 33.4 Å². The van der Waals surface area contributed by atoms with Gasteiger partial charge in [-0.3, -0.25) is 9.59 Å². The molecule has 1 amide bonds. The minimum Gasteiger partial charge on any atom is -0.465 e. The van der Waals surface area contributed by atoms with Crippen molar-refractivity contribution in [3.05, 3.63) is 12.2 Å². The molecule has 9 heteroatoms. The third kappa shape index (κ3) is 5.99. The highest BCUT2D eigenvalue weighted by atomic mass is 16.6. The highest BCUT2D eigenvalue weighted by Gasteiger charge is 2.46. The maximum absolute atomic E-state index is 12.2. The fraction of sp³-hybridized carbons (Fsp3) is 0.600. The summed E-state index contributed by atoms with van der Waals surface area (Å²) in [6.45, 7) is 4.91. The fourth-order valence-electron chi connectivity index (χ4n) is 1.71. The van der Waals surface area contributed by atoms with Gasteiger partial charge in [0.25, 0.3) is 5.54 Å². The van der Waals surface area contributed by atoms with Crippen molar-refractivity contribution in [1.29, 1.82) is 0 Å². The Bertz CT molecular complexity index is 458. The first kappa shape index (κ1) is 21.6. The van der Waals surface area contributed by atoms with E-state index in [2.05, 4.69) is 5.32 Å². The Balaban J connectivity index is 5.39. The lowest BCUT2D eigenvalue weighted by atomic mass is 9.98. The van der Waals surface area contributed by atoms with Crippen molar-refractivity contribution >= 4 is 24.3 Å². The molecule has 0 saturated heterocycles. The van der Waals surface area contributed by atoms with E-state index in [0.717, 1.165) is 6.08 Å². The molecule has 0 spiro atoms. The number of hydrogen-bond donors (Lipinski definition) is 2. The largest absolute Gasteiger partial charge is 0.465 e. The number of esters is 3. The number of nitrogens with one attached hydrogen (secondary N) is 1. The Labute approximate surface area is 140 Å². The van der Waals surface area contributed by atoms with E-state index in [-0.39, 0.29) is 32.7 Å². The van der Waals surface area contributed by atoms with E-state index in [1.165, 1.54) is 6.08 Å².